The van der Waals surface area contributed by atoms with Crippen LogP contribution < -0.4 is 9.47 Å². The molecule has 0 spiro atoms. The minimum atomic E-state index is -0.308. The predicted molar refractivity (Wildman–Crippen MR) is 241 cm³/mol. The maximum Gasteiger partial charge on any atom is 0.231 e. The number of nitriles is 2. The van der Waals surface area contributed by atoms with E-state index in [0.29, 0.717) is 42.3 Å². The van der Waals surface area contributed by atoms with Crippen molar-refractivity contribution in [1.82, 2.24) is 29.1 Å². The van der Waals surface area contributed by atoms with Crippen LogP contribution in [0.5, 0.6) is 11.8 Å². The maximum absolute atomic E-state index is 9.76. The van der Waals surface area contributed by atoms with E-state index in [1.54, 1.807) is 18.6 Å². The second-order valence-electron chi connectivity index (χ2n) is 16.2. The average Bonchev–Trinajstić information content (AvgIpc) is 3.76. The van der Waals surface area contributed by atoms with Crippen LogP contribution in [0.4, 0.5) is 0 Å². The van der Waals surface area contributed by atoms with E-state index in [1.807, 2.05) is 74.2 Å². The van der Waals surface area contributed by atoms with Gasteiger partial charge >= 0.3 is 0 Å². The molecule has 310 valence electrons. The molecule has 2 saturated carbocycles. The van der Waals surface area contributed by atoms with E-state index in [4.69, 9.17) is 14.2 Å². The molecular formula is C51H42N8O4. The second kappa shape index (κ2) is 16.7. The first-order valence-electron chi connectivity index (χ1n) is 21.0. The van der Waals surface area contributed by atoms with Crippen LogP contribution in [-0.2, 0) is 25.4 Å². The summed E-state index contributed by atoms with van der Waals surface area (Å²) in [6.07, 6.45) is 13.5. The van der Waals surface area contributed by atoms with Crippen molar-refractivity contribution in [3.05, 3.63) is 145 Å². The molecule has 6 aromatic heterocycles. The molecule has 1 N–H and O–H groups in total. The molecule has 2 fully saturated rings. The summed E-state index contributed by atoms with van der Waals surface area (Å²) in [7, 11) is 4.09. The third-order valence-electron chi connectivity index (χ3n) is 12.2. The van der Waals surface area contributed by atoms with E-state index < -0.39 is 0 Å². The van der Waals surface area contributed by atoms with E-state index >= 15 is 0 Å². The highest BCUT2D eigenvalue weighted by Gasteiger charge is 2.33. The summed E-state index contributed by atoms with van der Waals surface area (Å²) in [5.41, 5.74) is 10.2. The van der Waals surface area contributed by atoms with E-state index in [-0.39, 0.29) is 24.4 Å². The van der Waals surface area contributed by atoms with E-state index in [1.165, 1.54) is 5.56 Å². The van der Waals surface area contributed by atoms with Gasteiger partial charge in [0.1, 0.15) is 35.5 Å². The van der Waals surface area contributed by atoms with E-state index in [9.17, 15) is 15.6 Å². The number of pyridine rings is 4. The number of ether oxygens (including phenoxy) is 3. The lowest BCUT2D eigenvalue weighted by Gasteiger charge is -2.34. The molecule has 0 radical (unpaired) electrons. The quantitative estimate of drug-likeness (QED) is 0.149. The molecule has 63 heavy (non-hydrogen) atoms. The zero-order valence-corrected chi connectivity index (χ0v) is 34.7. The summed E-state index contributed by atoms with van der Waals surface area (Å²) >= 11 is 0. The normalized spacial score (nSPS) is 17.9. The molecule has 0 atom stereocenters. The fourth-order valence-corrected chi connectivity index (χ4v) is 8.52. The number of benzene rings is 3. The first-order chi connectivity index (χ1) is 30.8. The molecule has 2 aliphatic carbocycles. The standard InChI is InChI=1S/C29H24N4O2.C22H18N4O2/c1-33-27-9-10-31-17-26(27)25-8-7-20(12-28(25)33)22-11-21(15-30)29(32-16-22)35-24-13-23(14-24)34-18-19-5-3-2-4-6-19;1-26-20-4-5-24-12-19(20)18-3-2-13(7-21(18)26)15-6-14(10-23)22(25-11-15)28-17-8-16(27)9-17/h2-12,16-17,23-24H,13-14,18H2,1H3;2-7,11-12,16-17,27H,8-9H2,1H3. The Morgan fingerprint density at radius 2 is 1.08 bits per heavy atom. The number of fused-ring (bicyclic) bond motifs is 6. The minimum Gasteiger partial charge on any atom is -0.473 e. The van der Waals surface area contributed by atoms with E-state index in [2.05, 4.69) is 90.7 Å². The lowest BCUT2D eigenvalue weighted by atomic mass is 9.92. The topological polar surface area (TPSA) is 157 Å². The molecule has 12 nitrogen and oxygen atoms in total. The summed E-state index contributed by atoms with van der Waals surface area (Å²) in [6.45, 7) is 0.603. The van der Waals surface area contributed by atoms with Gasteiger partial charge in [0, 0.05) is 121 Å². The first-order valence-corrected chi connectivity index (χ1v) is 21.0. The summed E-state index contributed by atoms with van der Waals surface area (Å²) in [6, 6.07) is 34.8. The first kappa shape index (κ1) is 39.5. The zero-order valence-electron chi connectivity index (χ0n) is 34.7. The van der Waals surface area contributed by atoms with Gasteiger partial charge in [0.15, 0.2) is 0 Å². The van der Waals surface area contributed by atoms with Crippen molar-refractivity contribution in [2.75, 3.05) is 0 Å². The van der Waals surface area contributed by atoms with Gasteiger partial charge in [-0.25, -0.2) is 9.97 Å². The van der Waals surface area contributed by atoms with Gasteiger partial charge in [-0.2, -0.15) is 10.5 Å². The largest absolute Gasteiger partial charge is 0.473 e. The molecule has 0 amide bonds. The monoisotopic (exact) mass is 830 g/mol. The summed E-state index contributed by atoms with van der Waals surface area (Å²) < 4.78 is 22.1. The minimum absolute atomic E-state index is 0.0157. The maximum atomic E-state index is 9.76. The molecule has 0 bridgehead atoms. The zero-order chi connectivity index (χ0) is 43.0. The van der Waals surface area contributed by atoms with Crippen LogP contribution >= 0.6 is 0 Å². The van der Waals surface area contributed by atoms with Crippen molar-refractivity contribution in [1.29, 1.82) is 10.5 Å². The van der Waals surface area contributed by atoms with Crippen molar-refractivity contribution < 1.29 is 19.3 Å². The Kier molecular flexibility index (Phi) is 10.4. The molecule has 6 heterocycles. The van der Waals surface area contributed by atoms with Crippen LogP contribution in [0.3, 0.4) is 0 Å². The number of hydrogen-bond donors (Lipinski definition) is 1. The van der Waals surface area contributed by atoms with Crippen LogP contribution in [0.25, 0.3) is 65.9 Å². The molecule has 0 saturated heterocycles. The molecule has 11 rings (SSSR count). The molecule has 12 heteroatoms. The Hall–Kier alpha value is -7.64. The van der Waals surface area contributed by atoms with Gasteiger partial charge in [-0.15, -0.1) is 0 Å². The van der Waals surface area contributed by atoms with Crippen molar-refractivity contribution in [2.24, 2.45) is 14.1 Å². The highest BCUT2D eigenvalue weighted by Crippen LogP contribution is 2.36. The Balaban J connectivity index is 0.000000153. The van der Waals surface area contributed by atoms with Crippen LogP contribution in [0.15, 0.2) is 128 Å². The molecular weight excluding hydrogens is 789 g/mol. The van der Waals surface area contributed by atoms with Crippen LogP contribution in [0.1, 0.15) is 42.4 Å². The highest BCUT2D eigenvalue weighted by molar-refractivity contribution is 6.09. The average molecular weight is 831 g/mol. The fraction of sp³-hybridized carbons (Fsp3) is 0.216. The van der Waals surface area contributed by atoms with E-state index in [0.717, 1.165) is 78.7 Å². The van der Waals surface area contributed by atoms with Crippen LogP contribution in [0, 0.1) is 22.7 Å². The molecule has 9 aromatic rings. The van der Waals surface area contributed by atoms with Crippen LogP contribution in [0.2, 0.25) is 0 Å². The van der Waals surface area contributed by atoms with Gasteiger partial charge < -0.3 is 28.5 Å². The number of aliphatic hydroxyl groups excluding tert-OH is 1. The smallest absolute Gasteiger partial charge is 0.231 e. The number of aliphatic hydroxyl groups is 1. The lowest BCUT2D eigenvalue weighted by molar-refractivity contribution is -0.0695. The SMILES string of the molecule is Cn1c2ccncc2c2ccc(-c3cnc(OC4CC(O)C4)c(C#N)c3)cc21.Cn1c2ccncc2c2ccc(-c3cnc(OC4CC(OCc5ccccc5)C4)c(C#N)c3)cc21. The molecule has 0 unspecified atom stereocenters. The molecule has 0 aliphatic heterocycles. The Morgan fingerprint density at radius 3 is 1.57 bits per heavy atom. The van der Waals surface area contributed by atoms with Crippen molar-refractivity contribution in [2.45, 2.75) is 56.7 Å². The summed E-state index contributed by atoms with van der Waals surface area (Å²) in [5, 5.41) is 33.2. The molecule has 3 aromatic carbocycles. The van der Waals surface area contributed by atoms with Gasteiger partial charge in [0.2, 0.25) is 11.8 Å². The Bertz CT molecular complexity index is 3250. The Morgan fingerprint density at radius 1 is 0.571 bits per heavy atom. The van der Waals surface area contributed by atoms with Gasteiger partial charge in [0.05, 0.1) is 29.8 Å². The van der Waals surface area contributed by atoms with Gasteiger partial charge in [-0.3, -0.25) is 9.97 Å². The predicted octanol–water partition coefficient (Wildman–Crippen LogP) is 9.35. The summed E-state index contributed by atoms with van der Waals surface area (Å²) in [5.74, 6) is 0.722. The number of aromatic nitrogens is 6. The van der Waals surface area contributed by atoms with Crippen molar-refractivity contribution >= 4 is 43.6 Å². The van der Waals surface area contributed by atoms with Gasteiger partial charge in [-0.05, 0) is 53.1 Å². The van der Waals surface area contributed by atoms with Crippen molar-refractivity contribution in [3.8, 4) is 46.2 Å². The lowest BCUT2D eigenvalue weighted by Crippen LogP contribution is -2.39. The Labute approximate surface area is 363 Å². The number of hydrogen-bond acceptors (Lipinski definition) is 10. The van der Waals surface area contributed by atoms with Gasteiger partial charge in [0.25, 0.3) is 0 Å². The molecule has 2 aliphatic rings. The van der Waals surface area contributed by atoms with Crippen molar-refractivity contribution in [3.63, 3.8) is 0 Å². The van der Waals surface area contributed by atoms with Crippen LogP contribution in [-0.4, -0.2) is 58.6 Å². The fourth-order valence-electron chi connectivity index (χ4n) is 8.52. The second-order valence-corrected chi connectivity index (χ2v) is 16.2. The third kappa shape index (κ3) is 7.67. The third-order valence-corrected chi connectivity index (χ3v) is 12.2. The van der Waals surface area contributed by atoms with Gasteiger partial charge in [-0.1, -0.05) is 54.6 Å². The highest BCUT2D eigenvalue weighted by atomic mass is 16.5. The number of rotatable bonds is 9. The number of nitrogens with zero attached hydrogens (tertiary/aromatic N) is 8. The number of aryl methyl sites for hydroxylation is 2. The summed E-state index contributed by atoms with van der Waals surface area (Å²) in [4.78, 5) is 17.4.